The summed E-state index contributed by atoms with van der Waals surface area (Å²) in [5.41, 5.74) is 0. The molecule has 0 aliphatic carbocycles. The van der Waals surface area contributed by atoms with Gasteiger partial charge in [0, 0.05) is 39.1 Å². The molecule has 19 heavy (non-hydrogen) atoms. The van der Waals surface area contributed by atoms with Crippen molar-refractivity contribution < 1.29 is 9.59 Å². The highest BCUT2D eigenvalue weighted by molar-refractivity contribution is 5.81. The van der Waals surface area contributed by atoms with E-state index in [1.54, 1.807) is 4.90 Å². The van der Waals surface area contributed by atoms with Gasteiger partial charge in [-0.2, -0.15) is 0 Å². The Hall–Kier alpha value is -1.10. The van der Waals surface area contributed by atoms with Crippen molar-refractivity contribution in [1.82, 2.24) is 15.1 Å². The molecule has 0 spiro atoms. The maximum atomic E-state index is 12.3. The number of carbonyl (C=O) groups is 2. The number of hydrogen-bond donors (Lipinski definition) is 1. The lowest BCUT2D eigenvalue weighted by Crippen LogP contribution is -2.54. The SMILES string of the molecule is CC(NC1CCC(=O)N(C)C1)C(=O)N1CCCCC1. The molecule has 2 atom stereocenters. The van der Waals surface area contributed by atoms with E-state index in [4.69, 9.17) is 0 Å². The summed E-state index contributed by atoms with van der Waals surface area (Å²) in [6.45, 7) is 4.44. The monoisotopic (exact) mass is 267 g/mol. The molecule has 2 unspecified atom stereocenters. The van der Waals surface area contributed by atoms with Gasteiger partial charge < -0.3 is 15.1 Å². The molecule has 2 amide bonds. The van der Waals surface area contributed by atoms with Gasteiger partial charge >= 0.3 is 0 Å². The first-order valence-corrected chi connectivity index (χ1v) is 7.36. The Morgan fingerprint density at radius 3 is 2.63 bits per heavy atom. The number of carbonyl (C=O) groups excluding carboxylic acids is 2. The number of hydrogen-bond acceptors (Lipinski definition) is 3. The lowest BCUT2D eigenvalue weighted by molar-refractivity contribution is -0.134. The Balaban J connectivity index is 1.81. The third kappa shape index (κ3) is 3.69. The molecular weight excluding hydrogens is 242 g/mol. The molecule has 0 aromatic rings. The minimum Gasteiger partial charge on any atom is -0.344 e. The fourth-order valence-electron chi connectivity index (χ4n) is 2.96. The molecule has 1 N–H and O–H groups in total. The van der Waals surface area contributed by atoms with E-state index in [9.17, 15) is 9.59 Å². The van der Waals surface area contributed by atoms with E-state index in [2.05, 4.69) is 5.32 Å². The predicted molar refractivity (Wildman–Crippen MR) is 73.7 cm³/mol. The van der Waals surface area contributed by atoms with Crippen LogP contribution in [0.2, 0.25) is 0 Å². The zero-order chi connectivity index (χ0) is 13.8. The van der Waals surface area contributed by atoms with Crippen molar-refractivity contribution in [2.75, 3.05) is 26.7 Å². The highest BCUT2D eigenvalue weighted by Crippen LogP contribution is 2.13. The molecule has 2 aliphatic rings. The van der Waals surface area contributed by atoms with E-state index in [0.29, 0.717) is 13.0 Å². The van der Waals surface area contributed by atoms with Gasteiger partial charge in [0.25, 0.3) is 0 Å². The van der Waals surface area contributed by atoms with E-state index in [1.165, 1.54) is 6.42 Å². The first-order valence-electron chi connectivity index (χ1n) is 7.36. The summed E-state index contributed by atoms with van der Waals surface area (Å²) in [5, 5.41) is 3.38. The molecular formula is C14H25N3O2. The van der Waals surface area contributed by atoms with E-state index in [0.717, 1.165) is 32.4 Å². The van der Waals surface area contributed by atoms with Crippen LogP contribution in [0, 0.1) is 0 Å². The number of likely N-dealkylation sites (tertiary alicyclic amines) is 2. The molecule has 0 aromatic heterocycles. The molecule has 0 saturated carbocycles. The minimum absolute atomic E-state index is 0.148. The normalized spacial score (nSPS) is 26.4. The van der Waals surface area contributed by atoms with Crippen LogP contribution in [-0.4, -0.2) is 60.4 Å². The van der Waals surface area contributed by atoms with E-state index < -0.39 is 0 Å². The molecule has 108 valence electrons. The summed E-state index contributed by atoms with van der Waals surface area (Å²) in [4.78, 5) is 27.5. The predicted octanol–water partition coefficient (Wildman–Crippen LogP) is 0.598. The first kappa shape index (κ1) is 14.3. The van der Waals surface area contributed by atoms with Crippen molar-refractivity contribution in [2.24, 2.45) is 0 Å². The molecule has 5 nitrogen and oxygen atoms in total. The molecule has 2 heterocycles. The number of rotatable bonds is 3. The number of amides is 2. The summed E-state index contributed by atoms with van der Waals surface area (Å²) in [5.74, 6) is 0.410. The Morgan fingerprint density at radius 1 is 1.32 bits per heavy atom. The second kappa shape index (κ2) is 6.37. The van der Waals surface area contributed by atoms with Crippen molar-refractivity contribution in [1.29, 1.82) is 0 Å². The van der Waals surface area contributed by atoms with Crippen LogP contribution in [0.5, 0.6) is 0 Å². The number of likely N-dealkylation sites (N-methyl/N-ethyl adjacent to an activating group) is 1. The average molecular weight is 267 g/mol. The average Bonchev–Trinajstić information content (AvgIpc) is 2.43. The van der Waals surface area contributed by atoms with Gasteiger partial charge in [-0.3, -0.25) is 9.59 Å². The lowest BCUT2D eigenvalue weighted by Gasteiger charge is -2.34. The second-order valence-electron chi connectivity index (χ2n) is 5.78. The molecule has 2 aliphatic heterocycles. The molecule has 0 bridgehead atoms. The van der Waals surface area contributed by atoms with Crippen LogP contribution in [0.4, 0.5) is 0 Å². The molecule has 0 radical (unpaired) electrons. The van der Waals surface area contributed by atoms with Crippen LogP contribution < -0.4 is 5.32 Å². The number of nitrogens with one attached hydrogen (secondary N) is 1. The van der Waals surface area contributed by atoms with Gasteiger partial charge in [0.15, 0.2) is 0 Å². The maximum absolute atomic E-state index is 12.3. The number of nitrogens with zero attached hydrogens (tertiary/aromatic N) is 2. The van der Waals surface area contributed by atoms with Crippen molar-refractivity contribution in [3.8, 4) is 0 Å². The summed E-state index contributed by atoms with van der Waals surface area (Å²) in [6, 6.07) is 0.0937. The van der Waals surface area contributed by atoms with Crippen molar-refractivity contribution >= 4 is 11.8 Å². The smallest absolute Gasteiger partial charge is 0.239 e. The summed E-state index contributed by atoms with van der Waals surface area (Å²) in [6.07, 6.45) is 4.90. The maximum Gasteiger partial charge on any atom is 0.239 e. The fraction of sp³-hybridized carbons (Fsp3) is 0.857. The third-order valence-electron chi connectivity index (χ3n) is 4.15. The Morgan fingerprint density at radius 2 is 2.00 bits per heavy atom. The van der Waals surface area contributed by atoms with Crippen molar-refractivity contribution in [2.45, 2.75) is 51.1 Å². The first-order chi connectivity index (χ1) is 9.08. The summed E-state index contributed by atoms with van der Waals surface area (Å²) in [7, 11) is 1.83. The number of piperidine rings is 2. The Kier molecular flexibility index (Phi) is 4.80. The zero-order valence-corrected chi connectivity index (χ0v) is 12.0. The van der Waals surface area contributed by atoms with Gasteiger partial charge in [0.2, 0.25) is 11.8 Å². The topological polar surface area (TPSA) is 52.7 Å². The standard InChI is InChI=1S/C14H25N3O2/c1-11(14(19)17-8-4-3-5-9-17)15-12-6-7-13(18)16(2)10-12/h11-12,15H,3-10H2,1-2H3. The van der Waals surface area contributed by atoms with Gasteiger partial charge in [-0.15, -0.1) is 0 Å². The molecule has 2 fully saturated rings. The molecule has 5 heteroatoms. The second-order valence-corrected chi connectivity index (χ2v) is 5.78. The van der Waals surface area contributed by atoms with Crippen LogP contribution in [0.25, 0.3) is 0 Å². The van der Waals surface area contributed by atoms with Crippen molar-refractivity contribution in [3.05, 3.63) is 0 Å². The highest BCUT2D eigenvalue weighted by atomic mass is 16.2. The van der Waals surface area contributed by atoms with E-state index >= 15 is 0 Å². The van der Waals surface area contributed by atoms with Crippen LogP contribution in [0.1, 0.15) is 39.0 Å². The summed E-state index contributed by atoms with van der Waals surface area (Å²) >= 11 is 0. The van der Waals surface area contributed by atoms with Crippen LogP contribution >= 0.6 is 0 Å². The fourth-order valence-corrected chi connectivity index (χ4v) is 2.96. The molecule has 2 saturated heterocycles. The summed E-state index contributed by atoms with van der Waals surface area (Å²) < 4.78 is 0. The quantitative estimate of drug-likeness (QED) is 0.814. The third-order valence-corrected chi connectivity index (χ3v) is 4.15. The largest absolute Gasteiger partial charge is 0.344 e. The Bertz CT molecular complexity index is 340. The minimum atomic E-state index is -0.148. The Labute approximate surface area is 115 Å². The lowest BCUT2D eigenvalue weighted by atomic mass is 10.0. The van der Waals surface area contributed by atoms with Gasteiger partial charge in [0.05, 0.1) is 6.04 Å². The van der Waals surface area contributed by atoms with Crippen LogP contribution in [-0.2, 0) is 9.59 Å². The zero-order valence-electron chi connectivity index (χ0n) is 12.0. The van der Waals surface area contributed by atoms with E-state index in [1.807, 2.05) is 18.9 Å². The van der Waals surface area contributed by atoms with Crippen LogP contribution in [0.3, 0.4) is 0 Å². The highest BCUT2D eigenvalue weighted by Gasteiger charge is 2.27. The molecule has 0 aromatic carbocycles. The van der Waals surface area contributed by atoms with Gasteiger partial charge in [-0.05, 0) is 32.6 Å². The van der Waals surface area contributed by atoms with Gasteiger partial charge in [-0.1, -0.05) is 0 Å². The van der Waals surface area contributed by atoms with Crippen LogP contribution in [0.15, 0.2) is 0 Å². The van der Waals surface area contributed by atoms with Gasteiger partial charge in [-0.25, -0.2) is 0 Å². The van der Waals surface area contributed by atoms with Crippen molar-refractivity contribution in [3.63, 3.8) is 0 Å². The van der Waals surface area contributed by atoms with E-state index in [-0.39, 0.29) is 23.9 Å². The molecule has 2 rings (SSSR count). The van der Waals surface area contributed by atoms with Gasteiger partial charge in [0.1, 0.15) is 0 Å².